The van der Waals surface area contributed by atoms with Crippen LogP contribution in [0.5, 0.6) is 0 Å². The van der Waals surface area contributed by atoms with Crippen molar-refractivity contribution in [3.8, 4) is 0 Å². The van der Waals surface area contributed by atoms with Crippen LogP contribution < -0.4 is 0 Å². The van der Waals surface area contributed by atoms with Crippen molar-refractivity contribution < 1.29 is 0 Å². The van der Waals surface area contributed by atoms with E-state index in [2.05, 4.69) is 17.1 Å². The van der Waals surface area contributed by atoms with E-state index in [1.54, 1.807) is 0 Å². The molecule has 0 bridgehead atoms. The van der Waals surface area contributed by atoms with Crippen molar-refractivity contribution in [2.24, 2.45) is 0 Å². The standard InChI is InChI=1S/C13H8ClN/c14-10-5-6-13-12(7-10)11-4-2-1-3-9(11)8-15-13/h1-8H. The first-order valence-corrected chi connectivity index (χ1v) is 5.15. The lowest BCUT2D eigenvalue weighted by molar-refractivity contribution is 1.44. The van der Waals surface area contributed by atoms with Gasteiger partial charge in [0.15, 0.2) is 0 Å². The fourth-order valence-corrected chi connectivity index (χ4v) is 2.00. The number of benzene rings is 2. The lowest BCUT2D eigenvalue weighted by Gasteiger charge is -2.02. The van der Waals surface area contributed by atoms with Gasteiger partial charge in [0.25, 0.3) is 0 Å². The van der Waals surface area contributed by atoms with E-state index in [4.69, 9.17) is 11.6 Å². The Kier molecular flexibility index (Phi) is 1.86. The summed E-state index contributed by atoms with van der Waals surface area (Å²) in [5.41, 5.74) is 0.984. The molecule has 0 amide bonds. The van der Waals surface area contributed by atoms with Crippen molar-refractivity contribution >= 4 is 33.3 Å². The summed E-state index contributed by atoms with van der Waals surface area (Å²) in [4.78, 5) is 4.39. The first-order chi connectivity index (χ1) is 7.34. The second-order valence-electron chi connectivity index (χ2n) is 3.51. The maximum Gasteiger partial charge on any atom is 0.0709 e. The fraction of sp³-hybridized carbons (Fsp3) is 0. The average molecular weight is 214 g/mol. The van der Waals surface area contributed by atoms with E-state index in [0.29, 0.717) is 0 Å². The summed E-state index contributed by atoms with van der Waals surface area (Å²) in [6.45, 7) is 0. The molecule has 2 aromatic carbocycles. The third kappa shape index (κ3) is 1.36. The lowest BCUT2D eigenvalue weighted by Crippen LogP contribution is -1.81. The highest BCUT2D eigenvalue weighted by Gasteiger charge is 2.01. The monoisotopic (exact) mass is 213 g/mol. The molecule has 0 aliphatic heterocycles. The molecule has 1 nitrogen and oxygen atoms in total. The van der Waals surface area contributed by atoms with E-state index >= 15 is 0 Å². The van der Waals surface area contributed by atoms with Crippen LogP contribution in [0.15, 0.2) is 48.7 Å². The zero-order valence-corrected chi connectivity index (χ0v) is 8.70. The molecule has 2 heteroatoms. The van der Waals surface area contributed by atoms with Crippen LogP contribution in [-0.2, 0) is 0 Å². The van der Waals surface area contributed by atoms with Crippen molar-refractivity contribution in [1.29, 1.82) is 0 Å². The minimum atomic E-state index is 0.751. The van der Waals surface area contributed by atoms with E-state index in [1.807, 2.05) is 36.5 Å². The molecule has 0 fully saturated rings. The van der Waals surface area contributed by atoms with Crippen molar-refractivity contribution in [1.82, 2.24) is 4.98 Å². The van der Waals surface area contributed by atoms with Gasteiger partial charge in [-0.25, -0.2) is 0 Å². The van der Waals surface area contributed by atoms with Gasteiger partial charge in [0.1, 0.15) is 0 Å². The van der Waals surface area contributed by atoms with Crippen molar-refractivity contribution in [2.45, 2.75) is 0 Å². The summed E-state index contributed by atoms with van der Waals surface area (Å²) in [6, 6.07) is 14.0. The summed E-state index contributed by atoms with van der Waals surface area (Å²) in [5, 5.41) is 4.21. The Morgan fingerprint density at radius 3 is 2.73 bits per heavy atom. The molecular formula is C13H8ClN. The first-order valence-electron chi connectivity index (χ1n) is 4.77. The van der Waals surface area contributed by atoms with Crippen LogP contribution in [0.1, 0.15) is 0 Å². The Hall–Kier alpha value is -1.60. The van der Waals surface area contributed by atoms with Gasteiger partial charge in [0, 0.05) is 22.0 Å². The van der Waals surface area contributed by atoms with Gasteiger partial charge in [-0.2, -0.15) is 0 Å². The topological polar surface area (TPSA) is 12.9 Å². The summed E-state index contributed by atoms with van der Waals surface area (Å²) < 4.78 is 0. The Bertz CT molecular complexity index is 646. The normalized spacial score (nSPS) is 11.0. The van der Waals surface area contributed by atoms with Gasteiger partial charge < -0.3 is 0 Å². The van der Waals surface area contributed by atoms with Crippen LogP contribution in [0.25, 0.3) is 21.7 Å². The Balaban J connectivity index is 2.57. The van der Waals surface area contributed by atoms with Gasteiger partial charge in [-0.3, -0.25) is 4.98 Å². The second kappa shape index (κ2) is 3.21. The number of halogens is 1. The van der Waals surface area contributed by atoms with Gasteiger partial charge in [-0.05, 0) is 23.6 Å². The third-order valence-corrected chi connectivity index (χ3v) is 2.79. The molecule has 3 aromatic rings. The van der Waals surface area contributed by atoms with E-state index in [9.17, 15) is 0 Å². The van der Waals surface area contributed by atoms with E-state index in [1.165, 1.54) is 5.39 Å². The van der Waals surface area contributed by atoms with Crippen LogP contribution >= 0.6 is 11.6 Å². The zero-order valence-electron chi connectivity index (χ0n) is 7.94. The maximum atomic E-state index is 5.99. The Morgan fingerprint density at radius 2 is 1.80 bits per heavy atom. The smallest absolute Gasteiger partial charge is 0.0709 e. The van der Waals surface area contributed by atoms with Crippen LogP contribution in [-0.4, -0.2) is 4.98 Å². The third-order valence-electron chi connectivity index (χ3n) is 2.55. The highest BCUT2D eigenvalue weighted by molar-refractivity contribution is 6.31. The number of aromatic nitrogens is 1. The highest BCUT2D eigenvalue weighted by Crippen LogP contribution is 2.25. The molecule has 0 aliphatic carbocycles. The van der Waals surface area contributed by atoms with Crippen LogP contribution in [0.3, 0.4) is 0 Å². The molecular weight excluding hydrogens is 206 g/mol. The van der Waals surface area contributed by atoms with Gasteiger partial charge in [0.2, 0.25) is 0 Å². The molecule has 0 radical (unpaired) electrons. The van der Waals surface area contributed by atoms with Gasteiger partial charge in [0.05, 0.1) is 5.52 Å². The Morgan fingerprint density at radius 1 is 0.933 bits per heavy atom. The average Bonchev–Trinajstić information content (AvgIpc) is 2.29. The predicted molar refractivity (Wildman–Crippen MR) is 64.3 cm³/mol. The van der Waals surface area contributed by atoms with Crippen LogP contribution in [0.2, 0.25) is 5.02 Å². The summed E-state index contributed by atoms with van der Waals surface area (Å²) in [5.74, 6) is 0. The number of pyridine rings is 1. The van der Waals surface area contributed by atoms with E-state index in [0.717, 1.165) is 21.3 Å². The molecule has 1 aromatic heterocycles. The fourth-order valence-electron chi connectivity index (χ4n) is 1.83. The lowest BCUT2D eigenvalue weighted by atomic mass is 10.1. The Labute approximate surface area is 92.3 Å². The quantitative estimate of drug-likeness (QED) is 0.514. The van der Waals surface area contributed by atoms with E-state index in [-0.39, 0.29) is 0 Å². The molecule has 3 rings (SSSR count). The van der Waals surface area contributed by atoms with Gasteiger partial charge >= 0.3 is 0 Å². The SMILES string of the molecule is Clc1ccc2ncc3ccccc3c2c1. The number of nitrogens with zero attached hydrogens (tertiary/aromatic N) is 1. The molecule has 1 heterocycles. The summed E-state index contributed by atoms with van der Waals surface area (Å²) in [7, 11) is 0. The number of hydrogen-bond acceptors (Lipinski definition) is 1. The van der Waals surface area contributed by atoms with Crippen molar-refractivity contribution in [3.63, 3.8) is 0 Å². The maximum absolute atomic E-state index is 5.99. The van der Waals surface area contributed by atoms with Crippen LogP contribution in [0, 0.1) is 0 Å². The molecule has 72 valence electrons. The minimum Gasteiger partial charge on any atom is -0.256 e. The molecule has 0 atom stereocenters. The predicted octanol–water partition coefficient (Wildman–Crippen LogP) is 4.04. The molecule has 0 saturated carbocycles. The molecule has 0 spiro atoms. The largest absolute Gasteiger partial charge is 0.256 e. The van der Waals surface area contributed by atoms with Crippen molar-refractivity contribution in [3.05, 3.63) is 53.7 Å². The number of hydrogen-bond donors (Lipinski definition) is 0. The molecule has 0 aliphatic rings. The first kappa shape index (κ1) is 8.69. The number of rotatable bonds is 0. The molecule has 0 unspecified atom stereocenters. The van der Waals surface area contributed by atoms with Crippen LogP contribution in [0.4, 0.5) is 0 Å². The summed E-state index contributed by atoms with van der Waals surface area (Å²) >= 11 is 5.99. The minimum absolute atomic E-state index is 0.751. The van der Waals surface area contributed by atoms with E-state index < -0.39 is 0 Å². The molecule has 15 heavy (non-hydrogen) atoms. The second-order valence-corrected chi connectivity index (χ2v) is 3.94. The highest BCUT2D eigenvalue weighted by atomic mass is 35.5. The van der Waals surface area contributed by atoms with Crippen molar-refractivity contribution in [2.75, 3.05) is 0 Å². The van der Waals surface area contributed by atoms with Gasteiger partial charge in [-0.1, -0.05) is 35.9 Å². The van der Waals surface area contributed by atoms with Gasteiger partial charge in [-0.15, -0.1) is 0 Å². The molecule has 0 saturated heterocycles. The summed E-state index contributed by atoms with van der Waals surface area (Å²) in [6.07, 6.45) is 1.89. The molecule has 0 N–H and O–H groups in total. The number of fused-ring (bicyclic) bond motifs is 3. The zero-order chi connectivity index (χ0) is 10.3.